The van der Waals surface area contributed by atoms with Gasteiger partial charge in [0.1, 0.15) is 0 Å². The summed E-state index contributed by atoms with van der Waals surface area (Å²) in [5.74, 6) is 0.559. The van der Waals surface area contributed by atoms with Crippen LogP contribution in [0, 0.1) is 0 Å². The number of carbonyl (C=O) groups is 1. The third-order valence-corrected chi connectivity index (χ3v) is 3.54. The minimum absolute atomic E-state index is 0.208. The summed E-state index contributed by atoms with van der Waals surface area (Å²) in [6, 6.07) is 0.465. The molecule has 1 saturated heterocycles. The van der Waals surface area contributed by atoms with Gasteiger partial charge in [-0.05, 0) is 25.8 Å². The van der Waals surface area contributed by atoms with Gasteiger partial charge in [-0.25, -0.2) is 0 Å². The molecule has 0 unspecified atom stereocenters. The number of methoxy groups -OCH3 is 1. The Hall–Kier alpha value is -1.30. The summed E-state index contributed by atoms with van der Waals surface area (Å²) >= 11 is 0. The van der Waals surface area contributed by atoms with Crippen molar-refractivity contribution in [2.24, 2.45) is 4.99 Å². The van der Waals surface area contributed by atoms with Crippen LogP contribution in [-0.4, -0.2) is 63.2 Å². The predicted octanol–water partition coefficient (Wildman–Crippen LogP) is 0.589. The molecular formula is C14H28N4O2. The second-order valence-electron chi connectivity index (χ2n) is 5.09. The number of rotatable bonds is 6. The number of piperidine rings is 1. The number of hydrogen-bond donors (Lipinski definition) is 2. The van der Waals surface area contributed by atoms with Crippen LogP contribution in [0.25, 0.3) is 0 Å². The summed E-state index contributed by atoms with van der Waals surface area (Å²) in [4.78, 5) is 17.7. The maximum Gasteiger partial charge on any atom is 0.307 e. The van der Waals surface area contributed by atoms with Crippen molar-refractivity contribution in [2.45, 2.75) is 38.6 Å². The van der Waals surface area contributed by atoms with E-state index in [2.05, 4.69) is 32.2 Å². The average Bonchev–Trinajstić information content (AvgIpc) is 2.48. The molecule has 6 heteroatoms. The van der Waals surface area contributed by atoms with E-state index >= 15 is 0 Å². The van der Waals surface area contributed by atoms with E-state index in [4.69, 9.17) is 0 Å². The fourth-order valence-corrected chi connectivity index (χ4v) is 2.39. The first kappa shape index (κ1) is 16.8. The van der Waals surface area contributed by atoms with E-state index in [1.165, 1.54) is 20.1 Å². The normalized spacial score (nSPS) is 17.9. The number of nitrogens with one attached hydrogen (secondary N) is 2. The summed E-state index contributed by atoms with van der Waals surface area (Å²) in [5, 5.41) is 6.56. The van der Waals surface area contributed by atoms with Crippen molar-refractivity contribution in [3.63, 3.8) is 0 Å². The first-order valence-electron chi connectivity index (χ1n) is 7.46. The lowest BCUT2D eigenvalue weighted by molar-refractivity contribution is -0.140. The smallest absolute Gasteiger partial charge is 0.307 e. The zero-order valence-corrected chi connectivity index (χ0v) is 12.9. The van der Waals surface area contributed by atoms with Gasteiger partial charge in [0, 0.05) is 32.7 Å². The van der Waals surface area contributed by atoms with Crippen molar-refractivity contribution in [2.75, 3.05) is 40.3 Å². The molecule has 1 rings (SSSR count). The topological polar surface area (TPSA) is 66.0 Å². The van der Waals surface area contributed by atoms with Crippen LogP contribution in [-0.2, 0) is 9.53 Å². The molecule has 1 aliphatic rings. The third-order valence-electron chi connectivity index (χ3n) is 3.54. The van der Waals surface area contributed by atoms with Gasteiger partial charge in [-0.15, -0.1) is 0 Å². The Labute approximate surface area is 122 Å². The van der Waals surface area contributed by atoms with Gasteiger partial charge >= 0.3 is 5.97 Å². The predicted molar refractivity (Wildman–Crippen MR) is 80.9 cm³/mol. The maximum absolute atomic E-state index is 11.0. The number of likely N-dealkylation sites (tertiary alicyclic amines) is 1. The summed E-state index contributed by atoms with van der Waals surface area (Å²) in [6.07, 6.45) is 3.84. The molecule has 2 N–H and O–H groups in total. The van der Waals surface area contributed by atoms with Gasteiger partial charge in [0.25, 0.3) is 0 Å². The number of guanidine groups is 1. The van der Waals surface area contributed by atoms with Crippen molar-refractivity contribution in [3.8, 4) is 0 Å². The van der Waals surface area contributed by atoms with Crippen LogP contribution in [0.3, 0.4) is 0 Å². The first-order valence-corrected chi connectivity index (χ1v) is 7.46. The van der Waals surface area contributed by atoms with E-state index in [1.54, 1.807) is 7.05 Å². The molecule has 1 aliphatic heterocycles. The van der Waals surface area contributed by atoms with E-state index in [-0.39, 0.29) is 5.97 Å². The number of ether oxygens (including phenoxy) is 1. The standard InChI is InChI=1S/C14H28N4O2/c1-4-9-18-10-6-12(7-11-18)17-14(15-2)16-8-5-13(19)20-3/h12H,4-11H2,1-3H3,(H2,15,16,17). The molecule has 0 saturated carbocycles. The molecule has 0 bridgehead atoms. The van der Waals surface area contributed by atoms with Gasteiger partial charge in [-0.1, -0.05) is 6.92 Å². The van der Waals surface area contributed by atoms with Gasteiger partial charge in [0.2, 0.25) is 0 Å². The molecule has 0 aromatic carbocycles. The molecule has 0 aliphatic carbocycles. The third kappa shape index (κ3) is 6.23. The Kier molecular flexibility index (Phi) is 8.02. The number of nitrogens with zero attached hydrogens (tertiary/aromatic N) is 2. The Bertz CT molecular complexity index is 312. The quantitative estimate of drug-likeness (QED) is 0.424. The van der Waals surface area contributed by atoms with Gasteiger partial charge in [-0.2, -0.15) is 0 Å². The Balaban J connectivity index is 2.23. The largest absolute Gasteiger partial charge is 0.469 e. The van der Waals surface area contributed by atoms with E-state index in [1.807, 2.05) is 0 Å². The van der Waals surface area contributed by atoms with E-state index in [0.29, 0.717) is 19.0 Å². The van der Waals surface area contributed by atoms with Crippen LogP contribution in [0.5, 0.6) is 0 Å². The molecule has 0 spiro atoms. The Morgan fingerprint density at radius 2 is 2.10 bits per heavy atom. The molecule has 1 heterocycles. The zero-order valence-electron chi connectivity index (χ0n) is 12.9. The monoisotopic (exact) mass is 284 g/mol. The zero-order chi connectivity index (χ0) is 14.8. The molecular weight excluding hydrogens is 256 g/mol. The number of hydrogen-bond acceptors (Lipinski definition) is 4. The van der Waals surface area contributed by atoms with Crippen LogP contribution in [0.15, 0.2) is 4.99 Å². The molecule has 6 nitrogen and oxygen atoms in total. The number of aliphatic imine (C=N–C) groups is 1. The fourth-order valence-electron chi connectivity index (χ4n) is 2.39. The van der Waals surface area contributed by atoms with Crippen molar-refractivity contribution in [1.29, 1.82) is 0 Å². The fraction of sp³-hybridized carbons (Fsp3) is 0.857. The molecule has 0 aromatic heterocycles. The van der Waals surface area contributed by atoms with Crippen LogP contribution < -0.4 is 10.6 Å². The van der Waals surface area contributed by atoms with Crippen molar-refractivity contribution in [1.82, 2.24) is 15.5 Å². The molecule has 0 aromatic rings. The summed E-state index contributed by atoms with van der Waals surface area (Å²) in [6.45, 7) is 6.24. The van der Waals surface area contributed by atoms with Gasteiger partial charge < -0.3 is 20.3 Å². The molecule has 116 valence electrons. The average molecular weight is 284 g/mol. The van der Waals surface area contributed by atoms with E-state index in [0.717, 1.165) is 31.9 Å². The van der Waals surface area contributed by atoms with Crippen molar-refractivity contribution < 1.29 is 9.53 Å². The lowest BCUT2D eigenvalue weighted by atomic mass is 10.1. The minimum atomic E-state index is -0.208. The van der Waals surface area contributed by atoms with Gasteiger partial charge in [0.05, 0.1) is 13.5 Å². The summed E-state index contributed by atoms with van der Waals surface area (Å²) in [7, 11) is 3.15. The molecule has 0 amide bonds. The maximum atomic E-state index is 11.0. The lowest BCUT2D eigenvalue weighted by Crippen LogP contribution is -2.49. The highest BCUT2D eigenvalue weighted by atomic mass is 16.5. The summed E-state index contributed by atoms with van der Waals surface area (Å²) < 4.78 is 4.61. The Morgan fingerprint density at radius 1 is 1.40 bits per heavy atom. The summed E-state index contributed by atoms with van der Waals surface area (Å²) in [5.41, 5.74) is 0. The highest BCUT2D eigenvalue weighted by Gasteiger charge is 2.19. The molecule has 1 fully saturated rings. The Morgan fingerprint density at radius 3 is 2.65 bits per heavy atom. The van der Waals surface area contributed by atoms with E-state index in [9.17, 15) is 4.79 Å². The van der Waals surface area contributed by atoms with Crippen LogP contribution in [0.1, 0.15) is 32.6 Å². The highest BCUT2D eigenvalue weighted by Crippen LogP contribution is 2.10. The first-order chi connectivity index (χ1) is 9.69. The highest BCUT2D eigenvalue weighted by molar-refractivity contribution is 5.80. The van der Waals surface area contributed by atoms with Crippen molar-refractivity contribution >= 4 is 11.9 Å². The molecule has 20 heavy (non-hydrogen) atoms. The second kappa shape index (κ2) is 9.58. The van der Waals surface area contributed by atoms with Crippen molar-refractivity contribution in [3.05, 3.63) is 0 Å². The number of carbonyl (C=O) groups excluding carboxylic acids is 1. The SMILES string of the molecule is CCCN1CCC(NC(=NC)NCCC(=O)OC)CC1. The second-order valence-corrected chi connectivity index (χ2v) is 5.09. The van der Waals surface area contributed by atoms with E-state index < -0.39 is 0 Å². The number of esters is 1. The van der Waals surface area contributed by atoms with Crippen LogP contribution in [0.4, 0.5) is 0 Å². The lowest BCUT2D eigenvalue weighted by Gasteiger charge is -2.32. The van der Waals surface area contributed by atoms with Crippen LogP contribution in [0.2, 0.25) is 0 Å². The van der Waals surface area contributed by atoms with Crippen LogP contribution >= 0.6 is 0 Å². The molecule has 0 radical (unpaired) electrons. The molecule has 0 atom stereocenters. The van der Waals surface area contributed by atoms with Gasteiger partial charge in [0.15, 0.2) is 5.96 Å². The minimum Gasteiger partial charge on any atom is -0.469 e. The van der Waals surface area contributed by atoms with Gasteiger partial charge in [-0.3, -0.25) is 9.79 Å².